The Morgan fingerprint density at radius 3 is 2.87 bits per heavy atom. The molecule has 2 aromatic heterocycles. The van der Waals surface area contributed by atoms with E-state index in [0.29, 0.717) is 27.3 Å². The lowest BCUT2D eigenvalue weighted by atomic mass is 10.1. The highest BCUT2D eigenvalue weighted by Crippen LogP contribution is 2.31. The van der Waals surface area contributed by atoms with E-state index < -0.39 is 0 Å². The molecular weight excluding hydrogens is 310 g/mol. The molecule has 0 N–H and O–H groups in total. The third-order valence-electron chi connectivity index (χ3n) is 3.83. The molecule has 23 heavy (non-hydrogen) atoms. The third-order valence-corrected chi connectivity index (χ3v) is 4.89. The monoisotopic (exact) mass is 323 g/mol. The van der Waals surface area contributed by atoms with Crippen molar-refractivity contribution in [2.24, 2.45) is 0 Å². The van der Waals surface area contributed by atoms with Gasteiger partial charge in [-0.15, -0.1) is 11.3 Å². The number of hydrogen-bond donors (Lipinski definition) is 0. The van der Waals surface area contributed by atoms with E-state index in [-0.39, 0.29) is 5.43 Å². The van der Waals surface area contributed by atoms with Crippen LogP contribution in [-0.2, 0) is 0 Å². The van der Waals surface area contributed by atoms with Crippen molar-refractivity contribution >= 4 is 32.5 Å². The number of fused-ring (bicyclic) bond motifs is 2. The van der Waals surface area contributed by atoms with Crippen LogP contribution < -0.4 is 10.2 Å². The fourth-order valence-electron chi connectivity index (χ4n) is 2.58. The summed E-state index contributed by atoms with van der Waals surface area (Å²) in [5, 5.41) is 1.21. The molecular formula is C18H13NO3S. The van der Waals surface area contributed by atoms with Crippen LogP contribution in [0.5, 0.6) is 5.75 Å². The molecule has 5 heteroatoms. The first-order valence-corrected chi connectivity index (χ1v) is 7.95. The van der Waals surface area contributed by atoms with Crippen LogP contribution in [0.25, 0.3) is 31.8 Å². The number of rotatable bonds is 2. The minimum absolute atomic E-state index is 0.0781. The number of para-hydroxylation sites is 1. The van der Waals surface area contributed by atoms with Crippen LogP contribution in [0.15, 0.2) is 51.9 Å². The van der Waals surface area contributed by atoms with E-state index in [1.54, 1.807) is 25.3 Å². The molecule has 0 atom stereocenters. The van der Waals surface area contributed by atoms with Crippen molar-refractivity contribution in [3.05, 3.63) is 58.4 Å². The van der Waals surface area contributed by atoms with Gasteiger partial charge >= 0.3 is 0 Å². The molecule has 0 amide bonds. The molecule has 0 saturated heterocycles. The molecule has 0 unspecified atom stereocenters. The molecule has 0 fully saturated rings. The molecule has 0 aliphatic heterocycles. The quantitative estimate of drug-likeness (QED) is 0.549. The maximum atomic E-state index is 12.8. The Kier molecular flexibility index (Phi) is 3.16. The van der Waals surface area contributed by atoms with Crippen LogP contribution in [0.4, 0.5) is 0 Å². The highest BCUT2D eigenvalue weighted by atomic mass is 32.1. The van der Waals surface area contributed by atoms with Gasteiger partial charge in [0.05, 0.1) is 28.3 Å². The Morgan fingerprint density at radius 1 is 1.22 bits per heavy atom. The van der Waals surface area contributed by atoms with Gasteiger partial charge < -0.3 is 9.15 Å². The highest BCUT2D eigenvalue weighted by molar-refractivity contribution is 7.21. The van der Waals surface area contributed by atoms with E-state index in [9.17, 15) is 4.79 Å². The molecule has 2 heterocycles. The normalized spacial score (nSPS) is 11.2. The first-order valence-electron chi connectivity index (χ1n) is 7.13. The van der Waals surface area contributed by atoms with E-state index in [1.807, 2.05) is 25.1 Å². The summed E-state index contributed by atoms with van der Waals surface area (Å²) in [7, 11) is 1.58. The zero-order valence-corrected chi connectivity index (χ0v) is 13.4. The zero-order chi connectivity index (χ0) is 16.0. The minimum atomic E-state index is -0.0781. The summed E-state index contributed by atoms with van der Waals surface area (Å²) < 4.78 is 11.9. The average molecular weight is 323 g/mol. The van der Waals surface area contributed by atoms with Gasteiger partial charge in [0.1, 0.15) is 22.6 Å². The first kappa shape index (κ1) is 14.0. The Labute approximate surface area is 136 Å². The number of nitrogens with zero attached hydrogens (tertiary/aromatic N) is 1. The van der Waals surface area contributed by atoms with Crippen molar-refractivity contribution in [1.29, 1.82) is 0 Å². The van der Waals surface area contributed by atoms with Crippen LogP contribution in [0, 0.1) is 6.92 Å². The predicted octanol–water partition coefficient (Wildman–Crippen LogP) is 4.39. The van der Waals surface area contributed by atoms with Crippen molar-refractivity contribution in [3.8, 4) is 16.3 Å². The van der Waals surface area contributed by atoms with E-state index in [0.717, 1.165) is 15.8 Å². The Bertz CT molecular complexity index is 1090. The van der Waals surface area contributed by atoms with E-state index in [1.165, 1.54) is 17.6 Å². The fourth-order valence-corrected chi connectivity index (χ4v) is 3.63. The minimum Gasteiger partial charge on any atom is -0.497 e. The second-order valence-corrected chi connectivity index (χ2v) is 6.31. The van der Waals surface area contributed by atoms with E-state index >= 15 is 0 Å². The lowest BCUT2D eigenvalue weighted by Gasteiger charge is -2.02. The number of thiazole rings is 1. The number of aromatic nitrogens is 1. The van der Waals surface area contributed by atoms with Crippen molar-refractivity contribution < 1.29 is 9.15 Å². The van der Waals surface area contributed by atoms with Gasteiger partial charge in [0.15, 0.2) is 0 Å². The van der Waals surface area contributed by atoms with Gasteiger partial charge in [-0.2, -0.15) is 0 Å². The van der Waals surface area contributed by atoms with Crippen molar-refractivity contribution in [2.75, 3.05) is 7.11 Å². The molecule has 0 spiro atoms. The Balaban J connectivity index is 1.95. The summed E-state index contributed by atoms with van der Waals surface area (Å²) >= 11 is 1.50. The van der Waals surface area contributed by atoms with Crippen molar-refractivity contribution in [2.45, 2.75) is 6.92 Å². The van der Waals surface area contributed by atoms with E-state index in [4.69, 9.17) is 9.15 Å². The van der Waals surface area contributed by atoms with Gasteiger partial charge in [-0.3, -0.25) is 4.79 Å². The summed E-state index contributed by atoms with van der Waals surface area (Å²) in [6.07, 6.45) is 1.48. The molecule has 0 radical (unpaired) electrons. The Morgan fingerprint density at radius 2 is 2.09 bits per heavy atom. The highest BCUT2D eigenvalue weighted by Gasteiger charge is 2.14. The van der Waals surface area contributed by atoms with Crippen LogP contribution >= 0.6 is 11.3 Å². The van der Waals surface area contributed by atoms with Crippen LogP contribution in [0.1, 0.15) is 5.56 Å². The predicted molar refractivity (Wildman–Crippen MR) is 92.4 cm³/mol. The molecule has 0 saturated carbocycles. The summed E-state index contributed by atoms with van der Waals surface area (Å²) in [5.41, 5.74) is 2.95. The lowest BCUT2D eigenvalue weighted by molar-refractivity contribution is 0.414. The van der Waals surface area contributed by atoms with Gasteiger partial charge in [0.25, 0.3) is 0 Å². The van der Waals surface area contributed by atoms with E-state index in [2.05, 4.69) is 4.98 Å². The second kappa shape index (κ2) is 5.21. The zero-order valence-electron chi connectivity index (χ0n) is 12.6. The van der Waals surface area contributed by atoms with Crippen molar-refractivity contribution in [3.63, 3.8) is 0 Å². The maximum Gasteiger partial charge on any atom is 0.202 e. The smallest absolute Gasteiger partial charge is 0.202 e. The van der Waals surface area contributed by atoms with Crippen LogP contribution in [0.3, 0.4) is 0 Å². The summed E-state index contributed by atoms with van der Waals surface area (Å²) in [6, 6.07) is 11.2. The number of methoxy groups -OCH3 is 1. The molecule has 0 aliphatic carbocycles. The molecule has 4 nitrogen and oxygen atoms in total. The van der Waals surface area contributed by atoms with Gasteiger partial charge in [-0.1, -0.05) is 12.1 Å². The summed E-state index contributed by atoms with van der Waals surface area (Å²) in [6.45, 7) is 2.01. The summed E-state index contributed by atoms with van der Waals surface area (Å²) in [5.74, 6) is 0.656. The van der Waals surface area contributed by atoms with Crippen molar-refractivity contribution in [1.82, 2.24) is 4.98 Å². The maximum absolute atomic E-state index is 12.8. The molecule has 4 aromatic rings. The number of hydrogen-bond acceptors (Lipinski definition) is 5. The van der Waals surface area contributed by atoms with Crippen LogP contribution in [-0.4, -0.2) is 12.1 Å². The number of benzene rings is 2. The number of ether oxygens (including phenoxy) is 1. The topological polar surface area (TPSA) is 52.3 Å². The second-order valence-electron chi connectivity index (χ2n) is 5.28. The largest absolute Gasteiger partial charge is 0.497 e. The summed E-state index contributed by atoms with van der Waals surface area (Å²) in [4.78, 5) is 17.4. The van der Waals surface area contributed by atoms with Gasteiger partial charge in [-0.25, -0.2) is 4.98 Å². The molecule has 114 valence electrons. The SMILES string of the molecule is COc1ccc2c(=O)c(-c3nc4c(C)cccc4s3)coc2c1. The third kappa shape index (κ3) is 2.21. The Hall–Kier alpha value is -2.66. The molecule has 0 aliphatic rings. The average Bonchev–Trinajstić information content (AvgIpc) is 3.00. The lowest BCUT2D eigenvalue weighted by Crippen LogP contribution is -2.04. The fraction of sp³-hybridized carbons (Fsp3) is 0.111. The first-order chi connectivity index (χ1) is 11.2. The van der Waals surface area contributed by atoms with Gasteiger partial charge in [-0.05, 0) is 30.7 Å². The van der Waals surface area contributed by atoms with Gasteiger partial charge in [0, 0.05) is 6.07 Å². The number of aryl methyl sites for hydroxylation is 1. The van der Waals surface area contributed by atoms with Crippen LogP contribution in [0.2, 0.25) is 0 Å². The van der Waals surface area contributed by atoms with Gasteiger partial charge in [0.2, 0.25) is 5.43 Å². The molecule has 2 aromatic carbocycles. The standard InChI is InChI=1S/C18H13NO3S/c1-10-4-3-5-15-16(10)19-18(23-15)13-9-22-14-8-11(21-2)6-7-12(14)17(13)20/h3-9H,1-2H3. The molecule has 0 bridgehead atoms. The molecule has 4 rings (SSSR count).